The van der Waals surface area contributed by atoms with Crippen LogP contribution in [0.5, 0.6) is 0 Å². The first-order valence-corrected chi connectivity index (χ1v) is 7.62. The highest BCUT2D eigenvalue weighted by molar-refractivity contribution is 14.0. The van der Waals surface area contributed by atoms with E-state index in [0.29, 0.717) is 24.6 Å². The van der Waals surface area contributed by atoms with Gasteiger partial charge in [-0.05, 0) is 24.1 Å². The maximum Gasteiger partial charge on any atom is 0.416 e. The highest BCUT2D eigenvalue weighted by Crippen LogP contribution is 2.29. The zero-order chi connectivity index (χ0) is 18.2. The summed E-state index contributed by atoms with van der Waals surface area (Å²) in [6.07, 6.45) is -3.48. The molecule has 0 unspecified atom stereocenters. The molecule has 0 radical (unpaired) electrons. The van der Waals surface area contributed by atoms with Crippen LogP contribution in [-0.4, -0.2) is 44.0 Å². The van der Waals surface area contributed by atoms with E-state index in [-0.39, 0.29) is 36.4 Å². The number of benzene rings is 1. The molecule has 0 aliphatic rings. The van der Waals surface area contributed by atoms with Gasteiger partial charge in [0.05, 0.1) is 12.1 Å². The third-order valence-electron chi connectivity index (χ3n) is 3.25. The van der Waals surface area contributed by atoms with E-state index >= 15 is 0 Å². The van der Waals surface area contributed by atoms with E-state index in [1.165, 1.54) is 12.1 Å². The number of alkyl halides is 3. The molecule has 0 spiro atoms. The topological polar surface area (TPSA) is 56.7 Å². The smallest absolute Gasteiger partial charge is 0.355 e. The fraction of sp³-hybridized carbons (Fsp3) is 0.500. The van der Waals surface area contributed by atoms with Crippen molar-refractivity contribution in [3.63, 3.8) is 0 Å². The Morgan fingerprint density at radius 1 is 1.20 bits per heavy atom. The van der Waals surface area contributed by atoms with Gasteiger partial charge >= 0.3 is 6.18 Å². The fourth-order valence-corrected chi connectivity index (χ4v) is 2.02. The van der Waals surface area contributed by atoms with E-state index in [1.54, 1.807) is 19.0 Å². The van der Waals surface area contributed by atoms with Crippen molar-refractivity contribution in [1.82, 2.24) is 15.5 Å². The molecule has 0 atom stereocenters. The largest absolute Gasteiger partial charge is 0.416 e. The van der Waals surface area contributed by atoms with Gasteiger partial charge < -0.3 is 15.5 Å². The number of nitrogens with zero attached hydrogens (tertiary/aromatic N) is 2. The standard InChI is InChI=1S/C16H23F3N4O.HI/c1-4-9-21-14(24)10-22-15(20-2)23(3)11-12-5-7-13(8-6-12)16(17,18)19;/h5-8H,4,9-11H2,1-3H3,(H,20,22)(H,21,24);1H. The number of hydrogen-bond acceptors (Lipinski definition) is 2. The lowest BCUT2D eigenvalue weighted by Crippen LogP contribution is -2.43. The minimum absolute atomic E-state index is 0. The van der Waals surface area contributed by atoms with Gasteiger partial charge in [-0.3, -0.25) is 9.79 Å². The molecular formula is C16H24F3IN4O. The van der Waals surface area contributed by atoms with Crippen LogP contribution in [-0.2, 0) is 17.5 Å². The number of halogens is 4. The first kappa shape index (κ1) is 23.5. The molecule has 0 saturated heterocycles. The quantitative estimate of drug-likeness (QED) is 0.381. The highest BCUT2D eigenvalue weighted by Gasteiger charge is 2.29. The van der Waals surface area contributed by atoms with Crippen LogP contribution >= 0.6 is 24.0 Å². The van der Waals surface area contributed by atoms with Gasteiger partial charge in [-0.1, -0.05) is 19.1 Å². The molecule has 25 heavy (non-hydrogen) atoms. The van der Waals surface area contributed by atoms with E-state index in [1.807, 2.05) is 6.92 Å². The van der Waals surface area contributed by atoms with Crippen LogP contribution in [0.1, 0.15) is 24.5 Å². The minimum Gasteiger partial charge on any atom is -0.355 e. The molecule has 1 aromatic carbocycles. The van der Waals surface area contributed by atoms with Crippen LogP contribution in [0, 0.1) is 0 Å². The highest BCUT2D eigenvalue weighted by atomic mass is 127. The lowest BCUT2D eigenvalue weighted by Gasteiger charge is -2.22. The maximum absolute atomic E-state index is 12.6. The van der Waals surface area contributed by atoms with E-state index < -0.39 is 11.7 Å². The summed E-state index contributed by atoms with van der Waals surface area (Å²) in [5.74, 6) is 0.350. The third-order valence-corrected chi connectivity index (χ3v) is 3.25. The minimum atomic E-state index is -4.34. The van der Waals surface area contributed by atoms with Crippen LogP contribution in [0.25, 0.3) is 0 Å². The van der Waals surface area contributed by atoms with Crippen LogP contribution in [0.4, 0.5) is 13.2 Å². The third kappa shape index (κ3) is 8.41. The predicted molar refractivity (Wildman–Crippen MR) is 103 cm³/mol. The second-order valence-corrected chi connectivity index (χ2v) is 5.30. The molecule has 1 amide bonds. The number of aliphatic imine (C=N–C) groups is 1. The van der Waals surface area contributed by atoms with Crippen LogP contribution < -0.4 is 10.6 Å². The number of amides is 1. The summed E-state index contributed by atoms with van der Waals surface area (Å²) < 4.78 is 37.7. The van der Waals surface area contributed by atoms with Crippen molar-refractivity contribution in [3.05, 3.63) is 35.4 Å². The van der Waals surface area contributed by atoms with Gasteiger partial charge in [-0.25, -0.2) is 0 Å². The van der Waals surface area contributed by atoms with Gasteiger partial charge in [0.25, 0.3) is 0 Å². The van der Waals surface area contributed by atoms with Crippen LogP contribution in [0.3, 0.4) is 0 Å². The summed E-state index contributed by atoms with van der Waals surface area (Å²) in [5.41, 5.74) is 0.0351. The molecule has 2 N–H and O–H groups in total. The van der Waals surface area contributed by atoms with Gasteiger partial charge in [0.1, 0.15) is 0 Å². The number of rotatable bonds is 6. The summed E-state index contributed by atoms with van der Waals surface area (Å²) in [5, 5.41) is 5.66. The molecule has 0 aromatic heterocycles. The van der Waals surface area contributed by atoms with E-state index in [9.17, 15) is 18.0 Å². The summed E-state index contributed by atoms with van der Waals surface area (Å²) in [7, 11) is 3.33. The zero-order valence-corrected chi connectivity index (χ0v) is 16.8. The summed E-state index contributed by atoms with van der Waals surface area (Å²) in [6.45, 7) is 3.03. The first-order chi connectivity index (χ1) is 11.3. The molecule has 0 aliphatic heterocycles. The number of hydrogen-bond donors (Lipinski definition) is 2. The fourth-order valence-electron chi connectivity index (χ4n) is 2.02. The number of carbonyl (C=O) groups excluding carboxylic acids is 1. The molecule has 142 valence electrons. The average Bonchev–Trinajstić information content (AvgIpc) is 2.53. The molecule has 1 aromatic rings. The Bertz CT molecular complexity index is 561. The summed E-state index contributed by atoms with van der Waals surface area (Å²) in [4.78, 5) is 17.4. The molecule has 0 fully saturated rings. The van der Waals surface area contributed by atoms with Gasteiger partial charge in [0.2, 0.25) is 5.91 Å². The molecule has 1 rings (SSSR count). The van der Waals surface area contributed by atoms with E-state index in [0.717, 1.165) is 18.6 Å². The van der Waals surface area contributed by atoms with Gasteiger partial charge in [-0.2, -0.15) is 13.2 Å². The van der Waals surface area contributed by atoms with Crippen LogP contribution in [0.2, 0.25) is 0 Å². The monoisotopic (exact) mass is 472 g/mol. The van der Waals surface area contributed by atoms with E-state index in [2.05, 4.69) is 15.6 Å². The average molecular weight is 472 g/mol. The number of nitrogens with one attached hydrogen (secondary N) is 2. The van der Waals surface area contributed by atoms with Crippen molar-refractivity contribution in [2.75, 3.05) is 27.2 Å². The number of carbonyl (C=O) groups is 1. The van der Waals surface area contributed by atoms with Crippen molar-refractivity contribution in [2.24, 2.45) is 4.99 Å². The molecule has 9 heteroatoms. The molecule has 0 aliphatic carbocycles. The zero-order valence-electron chi connectivity index (χ0n) is 14.5. The van der Waals surface area contributed by atoms with Gasteiger partial charge in [0.15, 0.2) is 5.96 Å². The number of guanidine groups is 1. The van der Waals surface area contributed by atoms with Crippen molar-refractivity contribution in [2.45, 2.75) is 26.1 Å². The van der Waals surface area contributed by atoms with Crippen molar-refractivity contribution < 1.29 is 18.0 Å². The molecule has 5 nitrogen and oxygen atoms in total. The van der Waals surface area contributed by atoms with Gasteiger partial charge in [0, 0.05) is 27.2 Å². The second-order valence-electron chi connectivity index (χ2n) is 5.30. The van der Waals surface area contributed by atoms with Crippen LogP contribution in [0.15, 0.2) is 29.3 Å². The summed E-state index contributed by atoms with van der Waals surface area (Å²) >= 11 is 0. The first-order valence-electron chi connectivity index (χ1n) is 7.62. The predicted octanol–water partition coefficient (Wildman–Crippen LogP) is 2.86. The Kier molecular flexibility index (Phi) is 10.5. The lowest BCUT2D eigenvalue weighted by molar-refractivity contribution is -0.137. The molecule has 0 heterocycles. The molecule has 0 bridgehead atoms. The normalized spacial score (nSPS) is 11.5. The molecule has 0 saturated carbocycles. The van der Waals surface area contributed by atoms with Crippen molar-refractivity contribution in [3.8, 4) is 0 Å². The second kappa shape index (κ2) is 11.2. The Morgan fingerprint density at radius 3 is 2.28 bits per heavy atom. The lowest BCUT2D eigenvalue weighted by atomic mass is 10.1. The SMILES string of the molecule is CCCNC(=O)CNC(=NC)N(C)Cc1ccc(C(F)(F)F)cc1.I. The Balaban J connectivity index is 0.00000576. The van der Waals surface area contributed by atoms with Crippen molar-refractivity contribution >= 4 is 35.8 Å². The van der Waals surface area contributed by atoms with E-state index in [4.69, 9.17) is 0 Å². The summed E-state index contributed by atoms with van der Waals surface area (Å²) in [6, 6.07) is 4.97. The Hall–Kier alpha value is -1.52. The van der Waals surface area contributed by atoms with Gasteiger partial charge in [-0.15, -0.1) is 24.0 Å². The molecular weight excluding hydrogens is 448 g/mol. The Morgan fingerprint density at radius 2 is 1.80 bits per heavy atom. The maximum atomic E-state index is 12.6. The van der Waals surface area contributed by atoms with Crippen molar-refractivity contribution in [1.29, 1.82) is 0 Å². The Labute approximate surface area is 163 Å².